The van der Waals surface area contributed by atoms with Gasteiger partial charge in [0.2, 0.25) is 15.8 Å². The predicted octanol–water partition coefficient (Wildman–Crippen LogP) is 1.86. The molecule has 1 heterocycles. The summed E-state index contributed by atoms with van der Waals surface area (Å²) in [5, 5.41) is 0.538. The maximum absolute atomic E-state index is 12.0. The van der Waals surface area contributed by atoms with Gasteiger partial charge in [0.25, 0.3) is 0 Å². The summed E-state index contributed by atoms with van der Waals surface area (Å²) in [5.41, 5.74) is 0.436. The summed E-state index contributed by atoms with van der Waals surface area (Å²) >= 11 is 0. The summed E-state index contributed by atoms with van der Waals surface area (Å²) in [6, 6.07) is 5.91. The molecular formula is C13H15NO5S. The number of carbonyl (C=O) groups excluding carboxylic acids is 1. The Hall–Kier alpha value is -1.86. The van der Waals surface area contributed by atoms with Gasteiger partial charge in [-0.25, -0.2) is 17.5 Å². The second-order valence-electron chi connectivity index (χ2n) is 4.32. The smallest absolute Gasteiger partial charge is 0.374 e. The fraction of sp³-hybridized carbons (Fsp3) is 0.308. The third-order valence-corrected chi connectivity index (χ3v) is 4.55. The van der Waals surface area contributed by atoms with Gasteiger partial charge in [-0.15, -0.1) is 0 Å². The van der Waals surface area contributed by atoms with Crippen LogP contribution in [0.4, 0.5) is 0 Å². The Morgan fingerprint density at radius 1 is 1.30 bits per heavy atom. The Morgan fingerprint density at radius 2 is 2.00 bits per heavy atom. The zero-order valence-electron chi connectivity index (χ0n) is 11.4. The molecule has 6 nitrogen and oxygen atoms in total. The van der Waals surface area contributed by atoms with Gasteiger partial charge in [0.1, 0.15) is 5.58 Å². The Morgan fingerprint density at radius 3 is 2.60 bits per heavy atom. The first-order chi connectivity index (χ1) is 9.36. The van der Waals surface area contributed by atoms with E-state index in [-0.39, 0.29) is 17.3 Å². The second kappa shape index (κ2) is 5.26. The number of sulfonamides is 1. The van der Waals surface area contributed by atoms with Crippen molar-refractivity contribution in [2.45, 2.75) is 11.8 Å². The number of fused-ring (bicyclic) bond motifs is 1. The first-order valence-corrected chi connectivity index (χ1v) is 7.43. The van der Waals surface area contributed by atoms with Crippen LogP contribution in [0, 0.1) is 0 Å². The van der Waals surface area contributed by atoms with E-state index in [0.717, 1.165) is 4.31 Å². The summed E-state index contributed by atoms with van der Waals surface area (Å²) in [6.07, 6.45) is 0. The van der Waals surface area contributed by atoms with E-state index in [2.05, 4.69) is 0 Å². The van der Waals surface area contributed by atoms with Crippen LogP contribution in [-0.4, -0.2) is 39.4 Å². The molecule has 0 aliphatic heterocycles. The molecule has 20 heavy (non-hydrogen) atoms. The van der Waals surface area contributed by atoms with Gasteiger partial charge in [-0.3, -0.25) is 0 Å². The van der Waals surface area contributed by atoms with Crippen molar-refractivity contribution in [2.24, 2.45) is 0 Å². The molecule has 2 rings (SSSR count). The lowest BCUT2D eigenvalue weighted by molar-refractivity contribution is 0.0492. The maximum Gasteiger partial charge on any atom is 0.374 e. The lowest BCUT2D eigenvalue weighted by atomic mass is 10.2. The lowest BCUT2D eigenvalue weighted by Gasteiger charge is -2.10. The quantitative estimate of drug-likeness (QED) is 0.805. The number of hydrogen-bond donors (Lipinski definition) is 0. The largest absolute Gasteiger partial charge is 0.460 e. The summed E-state index contributed by atoms with van der Waals surface area (Å²) < 4.78 is 35.3. The monoisotopic (exact) mass is 297 g/mol. The van der Waals surface area contributed by atoms with Gasteiger partial charge in [0.05, 0.1) is 11.5 Å². The van der Waals surface area contributed by atoms with Crippen LogP contribution < -0.4 is 0 Å². The number of furan rings is 1. The Kier molecular flexibility index (Phi) is 3.82. The molecule has 0 fully saturated rings. The number of hydrogen-bond acceptors (Lipinski definition) is 5. The molecule has 1 aromatic heterocycles. The number of benzene rings is 1. The van der Waals surface area contributed by atoms with Crippen LogP contribution >= 0.6 is 0 Å². The highest BCUT2D eigenvalue weighted by Gasteiger charge is 2.19. The van der Waals surface area contributed by atoms with Crippen LogP contribution in [0.25, 0.3) is 11.0 Å². The number of nitrogens with zero attached hydrogens (tertiary/aromatic N) is 1. The Labute approximate surface area is 117 Å². The van der Waals surface area contributed by atoms with Crippen LogP contribution in [0.1, 0.15) is 17.5 Å². The molecule has 2 aromatic rings. The summed E-state index contributed by atoms with van der Waals surface area (Å²) in [6.45, 7) is 1.94. The van der Waals surface area contributed by atoms with Gasteiger partial charge in [-0.2, -0.15) is 0 Å². The molecule has 0 spiro atoms. The van der Waals surface area contributed by atoms with Gasteiger partial charge < -0.3 is 9.15 Å². The molecule has 0 aliphatic rings. The van der Waals surface area contributed by atoms with E-state index in [1.54, 1.807) is 6.92 Å². The van der Waals surface area contributed by atoms with E-state index < -0.39 is 16.0 Å². The minimum atomic E-state index is -3.51. The van der Waals surface area contributed by atoms with Crippen molar-refractivity contribution in [3.05, 3.63) is 30.0 Å². The second-order valence-corrected chi connectivity index (χ2v) is 6.47. The molecule has 0 bridgehead atoms. The molecule has 0 radical (unpaired) electrons. The average Bonchev–Trinajstić information content (AvgIpc) is 2.81. The predicted molar refractivity (Wildman–Crippen MR) is 73.0 cm³/mol. The SMILES string of the molecule is CCOC(=O)c1cc2cc(S(=O)(=O)N(C)C)ccc2o1. The van der Waals surface area contributed by atoms with Crippen molar-refractivity contribution in [2.75, 3.05) is 20.7 Å². The highest BCUT2D eigenvalue weighted by Crippen LogP contribution is 2.24. The highest BCUT2D eigenvalue weighted by atomic mass is 32.2. The molecule has 0 N–H and O–H groups in total. The van der Waals surface area contributed by atoms with E-state index in [1.807, 2.05) is 0 Å². The van der Waals surface area contributed by atoms with Crippen LogP contribution in [0.2, 0.25) is 0 Å². The molecule has 0 aliphatic carbocycles. The van der Waals surface area contributed by atoms with E-state index >= 15 is 0 Å². The van der Waals surface area contributed by atoms with Crippen molar-refractivity contribution in [1.82, 2.24) is 4.31 Å². The lowest BCUT2D eigenvalue weighted by Crippen LogP contribution is -2.22. The van der Waals surface area contributed by atoms with Crippen molar-refractivity contribution in [1.29, 1.82) is 0 Å². The molecule has 7 heteroatoms. The van der Waals surface area contributed by atoms with Crippen molar-refractivity contribution in [3.63, 3.8) is 0 Å². The van der Waals surface area contributed by atoms with Crippen molar-refractivity contribution < 1.29 is 22.4 Å². The van der Waals surface area contributed by atoms with Crippen molar-refractivity contribution in [3.8, 4) is 0 Å². The first kappa shape index (κ1) is 14.5. The molecule has 0 amide bonds. The maximum atomic E-state index is 12.0. The topological polar surface area (TPSA) is 76.8 Å². The van der Waals surface area contributed by atoms with Gasteiger partial charge >= 0.3 is 5.97 Å². The minimum absolute atomic E-state index is 0.0567. The molecular weight excluding hydrogens is 282 g/mol. The molecule has 108 valence electrons. The Balaban J connectivity index is 2.48. The average molecular weight is 297 g/mol. The van der Waals surface area contributed by atoms with Crippen molar-refractivity contribution >= 4 is 27.0 Å². The van der Waals surface area contributed by atoms with Crippen LogP contribution in [0.3, 0.4) is 0 Å². The van der Waals surface area contributed by atoms with E-state index in [1.165, 1.54) is 38.4 Å². The molecule has 0 unspecified atom stereocenters. The third-order valence-electron chi connectivity index (χ3n) is 2.74. The Bertz CT molecular complexity index is 745. The van der Waals surface area contributed by atoms with E-state index in [0.29, 0.717) is 11.0 Å². The normalized spacial score (nSPS) is 12.0. The van der Waals surface area contributed by atoms with Crippen LogP contribution in [0.5, 0.6) is 0 Å². The fourth-order valence-corrected chi connectivity index (χ4v) is 2.63. The number of carbonyl (C=O) groups is 1. The summed E-state index contributed by atoms with van der Waals surface area (Å²) in [5.74, 6) is -0.512. The van der Waals surface area contributed by atoms with E-state index in [9.17, 15) is 13.2 Å². The standard InChI is InChI=1S/C13H15NO5S/c1-4-18-13(15)12-8-9-7-10(5-6-11(9)19-12)20(16,17)14(2)3/h5-8H,4H2,1-3H3. The molecule has 0 saturated heterocycles. The summed E-state index contributed by atoms with van der Waals surface area (Å²) in [7, 11) is -0.600. The van der Waals surface area contributed by atoms with Crippen LogP contribution in [0.15, 0.2) is 33.6 Å². The first-order valence-electron chi connectivity index (χ1n) is 5.99. The van der Waals surface area contributed by atoms with Gasteiger partial charge in [-0.1, -0.05) is 0 Å². The summed E-state index contributed by atoms with van der Waals surface area (Å²) in [4.78, 5) is 11.7. The zero-order chi connectivity index (χ0) is 14.9. The van der Waals surface area contributed by atoms with Gasteiger partial charge in [0, 0.05) is 19.5 Å². The number of ether oxygens (including phenoxy) is 1. The highest BCUT2D eigenvalue weighted by molar-refractivity contribution is 7.89. The third kappa shape index (κ3) is 2.54. The number of rotatable bonds is 4. The van der Waals surface area contributed by atoms with E-state index in [4.69, 9.17) is 9.15 Å². The van der Waals surface area contributed by atoms with Gasteiger partial charge in [0.15, 0.2) is 0 Å². The number of esters is 1. The molecule has 0 atom stereocenters. The van der Waals surface area contributed by atoms with Gasteiger partial charge in [-0.05, 0) is 31.2 Å². The zero-order valence-corrected chi connectivity index (χ0v) is 12.2. The van der Waals surface area contributed by atoms with Crippen LogP contribution in [-0.2, 0) is 14.8 Å². The fourth-order valence-electron chi connectivity index (χ4n) is 1.70. The minimum Gasteiger partial charge on any atom is -0.460 e. The molecule has 0 saturated carbocycles. The molecule has 1 aromatic carbocycles.